The molecule has 3 heterocycles. The molecule has 0 spiro atoms. The van der Waals surface area contributed by atoms with Crippen molar-refractivity contribution in [1.82, 2.24) is 15.0 Å². The molecular formula is C41H32BN3O3. The van der Waals surface area contributed by atoms with E-state index >= 15 is 0 Å². The largest absolute Gasteiger partial charge is 0.494 e. The molecule has 0 bridgehead atoms. The molecule has 1 aliphatic rings. The van der Waals surface area contributed by atoms with E-state index in [9.17, 15) is 0 Å². The first kappa shape index (κ1) is 28.8. The van der Waals surface area contributed by atoms with Gasteiger partial charge in [-0.1, -0.05) is 103 Å². The fourth-order valence-electron chi connectivity index (χ4n) is 6.73. The topological polar surface area (TPSA) is 70.3 Å². The van der Waals surface area contributed by atoms with Crippen molar-refractivity contribution in [1.29, 1.82) is 0 Å². The van der Waals surface area contributed by atoms with Gasteiger partial charge < -0.3 is 13.7 Å². The Kier molecular flexibility index (Phi) is 6.35. The first-order chi connectivity index (χ1) is 23.3. The standard InChI is InChI=1S/C41H32BN3O3/c1-40(2)41(3,4)48-42(47-40)27-21-22-34-33(24-27)36-31(19-12-20-35(36)46-34)38-43-37(25-13-6-5-7-14-25)44-39(45-38)32-23-26-15-8-9-16-28(26)29-17-10-11-18-30(29)32/h5-24H,1-4H3. The quantitative estimate of drug-likeness (QED) is 0.143. The summed E-state index contributed by atoms with van der Waals surface area (Å²) < 4.78 is 19.2. The maximum absolute atomic E-state index is 6.41. The minimum Gasteiger partial charge on any atom is -0.456 e. The van der Waals surface area contributed by atoms with Gasteiger partial charge in [0, 0.05) is 27.5 Å². The maximum Gasteiger partial charge on any atom is 0.494 e. The molecule has 9 rings (SSSR count). The van der Waals surface area contributed by atoms with Crippen LogP contribution in [0.2, 0.25) is 0 Å². The summed E-state index contributed by atoms with van der Waals surface area (Å²) in [4.78, 5) is 15.4. The minimum absolute atomic E-state index is 0.446. The zero-order valence-corrected chi connectivity index (χ0v) is 27.2. The van der Waals surface area contributed by atoms with Crippen molar-refractivity contribution in [2.75, 3.05) is 0 Å². The van der Waals surface area contributed by atoms with Crippen LogP contribution in [0, 0.1) is 0 Å². The lowest BCUT2D eigenvalue weighted by atomic mass is 9.78. The Morgan fingerprint density at radius 3 is 1.92 bits per heavy atom. The lowest BCUT2D eigenvalue weighted by molar-refractivity contribution is 0.00578. The van der Waals surface area contributed by atoms with Crippen molar-refractivity contribution in [3.63, 3.8) is 0 Å². The molecule has 0 amide bonds. The summed E-state index contributed by atoms with van der Waals surface area (Å²) in [5.41, 5.74) is 4.31. The van der Waals surface area contributed by atoms with Gasteiger partial charge in [0.2, 0.25) is 0 Å². The predicted octanol–water partition coefficient (Wildman–Crippen LogP) is 9.38. The number of hydrogen-bond acceptors (Lipinski definition) is 6. The van der Waals surface area contributed by atoms with Crippen LogP contribution >= 0.6 is 0 Å². The molecule has 0 N–H and O–H groups in total. The van der Waals surface area contributed by atoms with E-state index in [1.165, 1.54) is 5.39 Å². The van der Waals surface area contributed by atoms with Crippen LogP contribution in [0.5, 0.6) is 0 Å². The first-order valence-corrected chi connectivity index (χ1v) is 16.3. The van der Waals surface area contributed by atoms with Gasteiger partial charge >= 0.3 is 7.12 Å². The molecule has 6 nitrogen and oxygen atoms in total. The van der Waals surface area contributed by atoms with Crippen LogP contribution in [0.1, 0.15) is 27.7 Å². The van der Waals surface area contributed by atoms with Crippen molar-refractivity contribution < 1.29 is 13.7 Å². The second-order valence-electron chi connectivity index (χ2n) is 13.5. The fraction of sp³-hybridized carbons (Fsp3) is 0.146. The zero-order valence-electron chi connectivity index (χ0n) is 27.2. The molecular weight excluding hydrogens is 593 g/mol. The van der Waals surface area contributed by atoms with Crippen LogP contribution in [0.3, 0.4) is 0 Å². The number of rotatable bonds is 4. The lowest BCUT2D eigenvalue weighted by Gasteiger charge is -2.32. The monoisotopic (exact) mass is 625 g/mol. The van der Waals surface area contributed by atoms with Crippen molar-refractivity contribution in [3.05, 3.63) is 121 Å². The average molecular weight is 626 g/mol. The number of hydrogen-bond donors (Lipinski definition) is 0. The summed E-state index contributed by atoms with van der Waals surface area (Å²) in [5, 5.41) is 6.46. The number of aromatic nitrogens is 3. The molecule has 0 saturated carbocycles. The summed E-state index contributed by atoms with van der Waals surface area (Å²) in [7, 11) is -0.494. The van der Waals surface area contributed by atoms with Gasteiger partial charge in [-0.05, 0) is 72.9 Å². The maximum atomic E-state index is 6.41. The first-order valence-electron chi connectivity index (χ1n) is 16.3. The van der Waals surface area contributed by atoms with Crippen LogP contribution in [0.25, 0.3) is 77.6 Å². The van der Waals surface area contributed by atoms with Gasteiger partial charge in [0.1, 0.15) is 11.2 Å². The van der Waals surface area contributed by atoms with Gasteiger partial charge in [-0.15, -0.1) is 0 Å². The summed E-state index contributed by atoms with van der Waals surface area (Å²) in [5.74, 6) is 1.80. The zero-order chi connectivity index (χ0) is 32.6. The van der Waals surface area contributed by atoms with Crippen LogP contribution in [0.4, 0.5) is 0 Å². The highest BCUT2D eigenvalue weighted by Gasteiger charge is 2.51. The fourth-order valence-corrected chi connectivity index (χ4v) is 6.73. The lowest BCUT2D eigenvalue weighted by Crippen LogP contribution is -2.41. The Morgan fingerprint density at radius 1 is 0.500 bits per heavy atom. The van der Waals surface area contributed by atoms with E-state index in [1.54, 1.807) is 0 Å². The molecule has 232 valence electrons. The van der Waals surface area contributed by atoms with Crippen LogP contribution < -0.4 is 5.46 Å². The van der Waals surface area contributed by atoms with Gasteiger partial charge in [-0.3, -0.25) is 0 Å². The van der Waals surface area contributed by atoms with E-state index in [-0.39, 0.29) is 0 Å². The summed E-state index contributed by atoms with van der Waals surface area (Å²) in [6.07, 6.45) is 0. The third kappa shape index (κ3) is 4.54. The number of fused-ring (bicyclic) bond motifs is 6. The van der Waals surface area contributed by atoms with Crippen LogP contribution in [-0.2, 0) is 9.31 Å². The van der Waals surface area contributed by atoms with Gasteiger partial charge in [0.15, 0.2) is 17.5 Å². The molecule has 1 fully saturated rings. The Hall–Kier alpha value is -5.37. The Morgan fingerprint density at radius 2 is 1.15 bits per heavy atom. The third-order valence-electron chi connectivity index (χ3n) is 9.96. The molecule has 0 atom stereocenters. The molecule has 8 aromatic rings. The second kappa shape index (κ2) is 10.6. The van der Waals surface area contributed by atoms with E-state index in [4.69, 9.17) is 28.7 Å². The van der Waals surface area contributed by atoms with E-state index in [1.807, 2.05) is 54.6 Å². The number of furan rings is 1. The predicted molar refractivity (Wildman–Crippen MR) is 194 cm³/mol. The van der Waals surface area contributed by atoms with Crippen LogP contribution in [-0.4, -0.2) is 33.3 Å². The molecule has 2 aromatic heterocycles. The Balaban J connectivity index is 1.28. The van der Waals surface area contributed by atoms with Crippen molar-refractivity contribution >= 4 is 56.1 Å². The van der Waals surface area contributed by atoms with E-state index < -0.39 is 18.3 Å². The van der Waals surface area contributed by atoms with Gasteiger partial charge in [-0.25, -0.2) is 15.0 Å². The molecule has 48 heavy (non-hydrogen) atoms. The molecule has 1 saturated heterocycles. The highest BCUT2D eigenvalue weighted by molar-refractivity contribution is 6.62. The van der Waals surface area contributed by atoms with Crippen molar-refractivity contribution in [2.45, 2.75) is 38.9 Å². The van der Waals surface area contributed by atoms with Gasteiger partial charge in [0.05, 0.1) is 11.2 Å². The molecule has 6 aromatic carbocycles. The summed E-state index contributed by atoms with van der Waals surface area (Å²) in [6, 6.07) is 41.3. The Labute approximate surface area is 278 Å². The molecule has 1 aliphatic heterocycles. The number of nitrogens with zero attached hydrogens (tertiary/aromatic N) is 3. The normalized spacial score (nSPS) is 15.6. The average Bonchev–Trinajstić information content (AvgIpc) is 3.59. The van der Waals surface area contributed by atoms with Crippen molar-refractivity contribution in [3.8, 4) is 34.2 Å². The van der Waals surface area contributed by atoms with Crippen LogP contribution in [0.15, 0.2) is 126 Å². The highest BCUT2D eigenvalue weighted by atomic mass is 16.7. The van der Waals surface area contributed by atoms with Gasteiger partial charge in [0.25, 0.3) is 0 Å². The number of benzene rings is 6. The van der Waals surface area contributed by atoms with Gasteiger partial charge in [-0.2, -0.15) is 0 Å². The van der Waals surface area contributed by atoms with E-state index in [2.05, 4.69) is 94.4 Å². The third-order valence-corrected chi connectivity index (χ3v) is 9.96. The molecule has 0 unspecified atom stereocenters. The minimum atomic E-state index is -0.494. The SMILES string of the molecule is CC1(C)OB(c2ccc3oc4cccc(-c5nc(-c6ccccc6)nc(-c6cc7ccccc7c7ccccc67)n5)c4c3c2)OC1(C)C. The summed E-state index contributed by atoms with van der Waals surface area (Å²) >= 11 is 0. The van der Waals surface area contributed by atoms with Crippen molar-refractivity contribution in [2.24, 2.45) is 0 Å². The Bertz CT molecular complexity index is 2530. The molecule has 0 radical (unpaired) electrons. The van der Waals surface area contributed by atoms with E-state index in [0.717, 1.165) is 60.3 Å². The molecule has 0 aliphatic carbocycles. The van der Waals surface area contributed by atoms with E-state index in [0.29, 0.717) is 17.5 Å². The second-order valence-corrected chi connectivity index (χ2v) is 13.5. The smallest absolute Gasteiger partial charge is 0.456 e. The molecule has 7 heteroatoms. The summed E-state index contributed by atoms with van der Waals surface area (Å²) in [6.45, 7) is 8.27. The highest BCUT2D eigenvalue weighted by Crippen LogP contribution is 2.40.